The number of halogens is 2. The third-order valence-electron chi connectivity index (χ3n) is 4.71. The van der Waals surface area contributed by atoms with Crippen molar-refractivity contribution in [1.82, 2.24) is 4.90 Å². The van der Waals surface area contributed by atoms with Gasteiger partial charge in [-0.3, -0.25) is 9.69 Å². The molecule has 1 saturated heterocycles. The van der Waals surface area contributed by atoms with E-state index in [9.17, 15) is 9.18 Å². The highest BCUT2D eigenvalue weighted by molar-refractivity contribution is 9.10. The fourth-order valence-electron chi connectivity index (χ4n) is 3.01. The fraction of sp³-hybridized carbons (Fsp3) is 0.588. The van der Waals surface area contributed by atoms with Crippen LogP contribution in [-0.4, -0.2) is 29.3 Å². The molecule has 1 atom stereocenters. The number of ketones is 1. The van der Waals surface area contributed by atoms with Gasteiger partial charge in [0.05, 0.1) is 5.54 Å². The van der Waals surface area contributed by atoms with Gasteiger partial charge in [0.1, 0.15) is 5.82 Å². The third-order valence-corrected chi connectivity index (χ3v) is 5.45. The van der Waals surface area contributed by atoms with Crippen molar-refractivity contribution in [2.24, 2.45) is 0 Å². The number of piperidine rings is 1. The molecule has 1 aromatic carbocycles. The largest absolute Gasteiger partial charge is 0.297 e. The maximum Gasteiger partial charge on any atom is 0.157 e. The molecule has 116 valence electrons. The van der Waals surface area contributed by atoms with Gasteiger partial charge in [-0.1, -0.05) is 35.3 Å². The smallest absolute Gasteiger partial charge is 0.157 e. The molecule has 0 aromatic heterocycles. The molecule has 4 heteroatoms. The number of carbonyl (C=O) groups is 1. The Balaban J connectivity index is 2.15. The minimum Gasteiger partial charge on any atom is -0.297 e. The second-order valence-electron chi connectivity index (χ2n) is 6.01. The highest BCUT2D eigenvalue weighted by Crippen LogP contribution is 2.28. The topological polar surface area (TPSA) is 20.3 Å². The number of nitrogens with zero attached hydrogens (tertiary/aromatic N) is 1. The Bertz CT molecular complexity index is 514. The Kier molecular flexibility index (Phi) is 5.55. The summed E-state index contributed by atoms with van der Waals surface area (Å²) in [6.45, 7) is 6.13. The zero-order valence-corrected chi connectivity index (χ0v) is 14.4. The van der Waals surface area contributed by atoms with Gasteiger partial charge in [0.25, 0.3) is 0 Å². The number of carbonyl (C=O) groups excluding carboxylic acids is 1. The average Bonchev–Trinajstić information content (AvgIpc) is 2.50. The van der Waals surface area contributed by atoms with Crippen LogP contribution in [0.5, 0.6) is 0 Å². The van der Waals surface area contributed by atoms with Gasteiger partial charge in [-0.2, -0.15) is 0 Å². The number of rotatable bonds is 5. The van der Waals surface area contributed by atoms with Crippen molar-refractivity contribution in [3.8, 4) is 0 Å². The van der Waals surface area contributed by atoms with Crippen LogP contribution >= 0.6 is 15.9 Å². The van der Waals surface area contributed by atoms with Gasteiger partial charge < -0.3 is 0 Å². The lowest BCUT2D eigenvalue weighted by atomic mass is 9.86. The molecule has 0 amide bonds. The van der Waals surface area contributed by atoms with Crippen molar-refractivity contribution in [3.63, 3.8) is 0 Å². The molecule has 1 aromatic rings. The maximum atomic E-state index is 13.2. The summed E-state index contributed by atoms with van der Waals surface area (Å²) in [6, 6.07) is 4.54. The van der Waals surface area contributed by atoms with E-state index >= 15 is 0 Å². The monoisotopic (exact) mass is 355 g/mol. The van der Waals surface area contributed by atoms with Crippen LogP contribution in [0.3, 0.4) is 0 Å². The fourth-order valence-corrected chi connectivity index (χ4v) is 3.50. The second kappa shape index (κ2) is 7.01. The van der Waals surface area contributed by atoms with Crippen LogP contribution in [0.15, 0.2) is 22.7 Å². The minimum atomic E-state index is -0.408. The highest BCUT2D eigenvalue weighted by Gasteiger charge is 2.37. The van der Waals surface area contributed by atoms with E-state index in [4.69, 9.17) is 0 Å². The van der Waals surface area contributed by atoms with E-state index in [1.165, 1.54) is 31.4 Å². The summed E-state index contributed by atoms with van der Waals surface area (Å²) in [4.78, 5) is 15.2. The molecule has 1 aliphatic rings. The molecule has 2 rings (SSSR count). The van der Waals surface area contributed by atoms with E-state index in [2.05, 4.69) is 34.7 Å². The predicted octanol–water partition coefficient (Wildman–Crippen LogP) is 4.35. The van der Waals surface area contributed by atoms with Crippen molar-refractivity contribution < 1.29 is 9.18 Å². The third kappa shape index (κ3) is 3.72. The van der Waals surface area contributed by atoms with E-state index in [1.54, 1.807) is 6.07 Å². The van der Waals surface area contributed by atoms with Crippen LogP contribution in [-0.2, 0) is 11.2 Å². The zero-order chi connectivity index (χ0) is 15.5. The lowest BCUT2D eigenvalue weighted by molar-refractivity contribution is -0.130. The standard InChI is InChI=1S/C17H23BrFNO/c1-3-17(2,20-9-5-4-6-10-20)16(21)11-13-7-8-14(19)12-15(13)18/h7-8,12H,3-6,9-11H2,1-2H3. The second-order valence-corrected chi connectivity index (χ2v) is 6.87. The lowest BCUT2D eigenvalue weighted by Gasteiger charge is -2.42. The molecule has 1 heterocycles. The predicted molar refractivity (Wildman–Crippen MR) is 86.9 cm³/mol. The van der Waals surface area contributed by atoms with Gasteiger partial charge in [0, 0.05) is 10.9 Å². The Labute approximate surface area is 134 Å². The first-order valence-corrected chi connectivity index (χ1v) is 8.49. The average molecular weight is 356 g/mol. The van der Waals surface area contributed by atoms with Crippen LogP contribution in [0.25, 0.3) is 0 Å². The first-order valence-electron chi connectivity index (χ1n) is 7.69. The Morgan fingerprint density at radius 2 is 2.00 bits per heavy atom. The van der Waals surface area contributed by atoms with Crippen molar-refractivity contribution in [3.05, 3.63) is 34.1 Å². The SMILES string of the molecule is CCC(C)(C(=O)Cc1ccc(F)cc1Br)N1CCCCC1. The summed E-state index contributed by atoms with van der Waals surface area (Å²) in [7, 11) is 0. The van der Waals surface area contributed by atoms with Crippen LogP contribution in [0.1, 0.15) is 45.1 Å². The molecule has 0 N–H and O–H groups in total. The molecule has 2 nitrogen and oxygen atoms in total. The molecule has 1 unspecified atom stereocenters. The van der Waals surface area contributed by atoms with E-state index in [1.807, 2.05) is 0 Å². The molecule has 0 radical (unpaired) electrons. The molecule has 1 fully saturated rings. The number of benzene rings is 1. The number of Topliss-reactive ketones (excluding diaryl/α,β-unsaturated/α-hetero) is 1. The Hall–Kier alpha value is -0.740. The van der Waals surface area contributed by atoms with E-state index in [0.29, 0.717) is 10.9 Å². The van der Waals surface area contributed by atoms with Gasteiger partial charge in [-0.25, -0.2) is 4.39 Å². The molecule has 21 heavy (non-hydrogen) atoms. The van der Waals surface area contributed by atoms with Crippen molar-refractivity contribution >= 4 is 21.7 Å². The maximum absolute atomic E-state index is 13.2. The number of hydrogen-bond acceptors (Lipinski definition) is 2. The lowest BCUT2D eigenvalue weighted by Crippen LogP contribution is -2.54. The molecule has 1 aliphatic heterocycles. The Morgan fingerprint density at radius 3 is 2.57 bits per heavy atom. The van der Waals surface area contributed by atoms with Gasteiger partial charge in [-0.05, 0) is 57.0 Å². The van der Waals surface area contributed by atoms with Crippen LogP contribution in [0, 0.1) is 5.82 Å². The van der Waals surface area contributed by atoms with Crippen molar-refractivity contribution in [2.45, 2.75) is 51.5 Å². The van der Waals surface area contributed by atoms with Gasteiger partial charge >= 0.3 is 0 Å². The molecule has 0 bridgehead atoms. The summed E-state index contributed by atoms with van der Waals surface area (Å²) < 4.78 is 13.8. The van der Waals surface area contributed by atoms with Gasteiger partial charge in [0.2, 0.25) is 0 Å². The van der Waals surface area contributed by atoms with E-state index in [-0.39, 0.29) is 11.6 Å². The zero-order valence-electron chi connectivity index (χ0n) is 12.8. The molecule has 0 aliphatic carbocycles. The summed E-state index contributed by atoms with van der Waals surface area (Å²) in [5.41, 5.74) is 0.451. The summed E-state index contributed by atoms with van der Waals surface area (Å²) in [5.74, 6) is -0.0634. The summed E-state index contributed by atoms with van der Waals surface area (Å²) in [6.07, 6.45) is 4.76. The molecule has 0 spiro atoms. The van der Waals surface area contributed by atoms with E-state index in [0.717, 1.165) is 25.1 Å². The van der Waals surface area contributed by atoms with Crippen LogP contribution in [0.2, 0.25) is 0 Å². The number of hydrogen-bond donors (Lipinski definition) is 0. The van der Waals surface area contributed by atoms with E-state index < -0.39 is 5.54 Å². The Morgan fingerprint density at radius 1 is 1.33 bits per heavy atom. The summed E-state index contributed by atoms with van der Waals surface area (Å²) in [5, 5.41) is 0. The molecular weight excluding hydrogens is 333 g/mol. The molecule has 0 saturated carbocycles. The first kappa shape index (κ1) is 16.6. The van der Waals surface area contributed by atoms with Gasteiger partial charge in [-0.15, -0.1) is 0 Å². The summed E-state index contributed by atoms with van der Waals surface area (Å²) >= 11 is 3.35. The molecular formula is C17H23BrFNO. The normalized spacial score (nSPS) is 19.2. The number of likely N-dealkylation sites (tertiary alicyclic amines) is 1. The minimum absolute atomic E-state index is 0.221. The van der Waals surface area contributed by atoms with Crippen molar-refractivity contribution in [1.29, 1.82) is 0 Å². The highest BCUT2D eigenvalue weighted by atomic mass is 79.9. The quantitative estimate of drug-likeness (QED) is 0.782. The van der Waals surface area contributed by atoms with Gasteiger partial charge in [0.15, 0.2) is 5.78 Å². The first-order chi connectivity index (χ1) is 9.97. The van der Waals surface area contributed by atoms with Crippen LogP contribution in [0.4, 0.5) is 4.39 Å². The van der Waals surface area contributed by atoms with Crippen molar-refractivity contribution in [2.75, 3.05) is 13.1 Å². The van der Waals surface area contributed by atoms with Crippen LogP contribution < -0.4 is 0 Å².